The second-order valence-electron chi connectivity index (χ2n) is 6.30. The molecule has 0 aliphatic rings. The Hall–Kier alpha value is -2.23. The highest BCUT2D eigenvalue weighted by Gasteiger charge is 2.30. The molecule has 1 aromatic carbocycles. The number of thiophene rings is 1. The van der Waals surface area contributed by atoms with Crippen LogP contribution in [0.1, 0.15) is 19.4 Å². The number of ether oxygens (including phenoxy) is 1. The van der Waals surface area contributed by atoms with Crippen molar-refractivity contribution >= 4 is 38.9 Å². The van der Waals surface area contributed by atoms with E-state index in [-0.39, 0.29) is 10.1 Å². The molecule has 0 aliphatic carbocycles. The fourth-order valence-electron chi connectivity index (χ4n) is 2.24. The SMILES string of the molecule is Cc1cccc(NC(=O)COC(=O)[C@@H](NS(=O)(=O)c2cccs2)C(C)C)c1. The van der Waals surface area contributed by atoms with Crippen molar-refractivity contribution in [1.82, 2.24) is 4.72 Å². The van der Waals surface area contributed by atoms with Gasteiger partial charge in [-0.15, -0.1) is 11.3 Å². The molecule has 0 saturated carbocycles. The summed E-state index contributed by atoms with van der Waals surface area (Å²) in [6, 6.07) is 9.16. The molecule has 1 amide bonds. The summed E-state index contributed by atoms with van der Waals surface area (Å²) >= 11 is 1.05. The average Bonchev–Trinajstić information content (AvgIpc) is 3.13. The quantitative estimate of drug-likeness (QED) is 0.651. The van der Waals surface area contributed by atoms with Crippen LogP contribution in [0.2, 0.25) is 0 Å². The first-order chi connectivity index (χ1) is 12.7. The van der Waals surface area contributed by atoms with E-state index >= 15 is 0 Å². The number of nitrogens with one attached hydrogen (secondary N) is 2. The number of esters is 1. The number of carbonyl (C=O) groups is 2. The Morgan fingerprint density at radius 2 is 1.93 bits per heavy atom. The molecule has 2 rings (SSSR count). The van der Waals surface area contributed by atoms with E-state index in [1.165, 1.54) is 6.07 Å². The van der Waals surface area contributed by atoms with Crippen LogP contribution in [0.3, 0.4) is 0 Å². The van der Waals surface area contributed by atoms with E-state index in [9.17, 15) is 18.0 Å². The van der Waals surface area contributed by atoms with Crippen molar-refractivity contribution < 1.29 is 22.7 Å². The van der Waals surface area contributed by atoms with Gasteiger partial charge in [-0.25, -0.2) is 8.42 Å². The molecule has 0 unspecified atom stereocenters. The van der Waals surface area contributed by atoms with Gasteiger partial charge in [0.15, 0.2) is 6.61 Å². The first-order valence-electron chi connectivity index (χ1n) is 8.28. The minimum absolute atomic E-state index is 0.109. The van der Waals surface area contributed by atoms with Gasteiger partial charge in [0.05, 0.1) is 0 Å². The van der Waals surface area contributed by atoms with Gasteiger partial charge in [0, 0.05) is 5.69 Å². The minimum Gasteiger partial charge on any atom is -0.454 e. The van der Waals surface area contributed by atoms with Gasteiger partial charge in [-0.3, -0.25) is 9.59 Å². The maximum absolute atomic E-state index is 12.3. The monoisotopic (exact) mass is 410 g/mol. The van der Waals surface area contributed by atoms with E-state index in [0.717, 1.165) is 16.9 Å². The molecule has 0 aliphatic heterocycles. The van der Waals surface area contributed by atoms with Crippen LogP contribution in [0, 0.1) is 12.8 Å². The molecule has 1 aromatic heterocycles. The van der Waals surface area contributed by atoms with Gasteiger partial charge >= 0.3 is 5.97 Å². The molecular weight excluding hydrogens is 388 g/mol. The fraction of sp³-hybridized carbons (Fsp3) is 0.333. The van der Waals surface area contributed by atoms with Crippen molar-refractivity contribution in [1.29, 1.82) is 0 Å². The summed E-state index contributed by atoms with van der Waals surface area (Å²) in [6.07, 6.45) is 0. The molecule has 1 atom stereocenters. The molecule has 2 N–H and O–H groups in total. The van der Waals surface area contributed by atoms with Crippen LogP contribution in [0.15, 0.2) is 46.0 Å². The van der Waals surface area contributed by atoms with E-state index in [1.807, 2.05) is 13.0 Å². The number of anilines is 1. The number of aryl methyl sites for hydroxylation is 1. The van der Waals surface area contributed by atoms with Crippen LogP contribution in [0.4, 0.5) is 5.69 Å². The zero-order valence-corrected chi connectivity index (χ0v) is 16.9. The number of rotatable bonds is 8. The second-order valence-corrected chi connectivity index (χ2v) is 9.19. The smallest absolute Gasteiger partial charge is 0.324 e. The topological polar surface area (TPSA) is 102 Å². The van der Waals surface area contributed by atoms with Gasteiger partial charge in [0.1, 0.15) is 10.3 Å². The molecular formula is C18H22N2O5S2. The van der Waals surface area contributed by atoms with E-state index in [4.69, 9.17) is 4.74 Å². The minimum atomic E-state index is -3.83. The Morgan fingerprint density at radius 3 is 2.52 bits per heavy atom. The van der Waals surface area contributed by atoms with Crippen molar-refractivity contribution in [2.75, 3.05) is 11.9 Å². The molecule has 0 fully saturated rings. The predicted molar refractivity (Wildman–Crippen MR) is 104 cm³/mol. The van der Waals surface area contributed by atoms with Crippen LogP contribution < -0.4 is 10.0 Å². The van der Waals surface area contributed by atoms with Crippen LogP contribution >= 0.6 is 11.3 Å². The summed E-state index contributed by atoms with van der Waals surface area (Å²) in [4.78, 5) is 24.3. The summed E-state index contributed by atoms with van der Waals surface area (Å²) < 4.78 is 32.2. The molecule has 7 nitrogen and oxygen atoms in total. The summed E-state index contributed by atoms with van der Waals surface area (Å²) in [5.74, 6) is -1.66. The van der Waals surface area contributed by atoms with Gasteiger partial charge in [-0.05, 0) is 42.0 Å². The van der Waals surface area contributed by atoms with Crippen molar-refractivity contribution in [3.05, 3.63) is 47.3 Å². The van der Waals surface area contributed by atoms with E-state index in [2.05, 4.69) is 10.0 Å². The molecule has 0 spiro atoms. The van der Waals surface area contributed by atoms with Gasteiger partial charge in [-0.2, -0.15) is 4.72 Å². The highest BCUT2D eigenvalue weighted by molar-refractivity contribution is 7.91. The van der Waals surface area contributed by atoms with Gasteiger partial charge in [0.2, 0.25) is 0 Å². The molecule has 2 aromatic rings. The zero-order valence-electron chi connectivity index (χ0n) is 15.3. The Bertz CT molecular complexity index is 892. The maximum atomic E-state index is 12.3. The van der Waals surface area contributed by atoms with Crippen molar-refractivity contribution in [3.8, 4) is 0 Å². The first-order valence-corrected chi connectivity index (χ1v) is 10.6. The summed E-state index contributed by atoms with van der Waals surface area (Å²) in [5, 5.41) is 4.26. The lowest BCUT2D eigenvalue weighted by atomic mass is 10.1. The number of amides is 1. The van der Waals surface area contributed by atoms with E-state index in [0.29, 0.717) is 5.69 Å². The Kier molecular flexibility index (Phi) is 7.11. The maximum Gasteiger partial charge on any atom is 0.324 e. The normalized spacial score (nSPS) is 12.6. The number of hydrogen-bond donors (Lipinski definition) is 2. The van der Waals surface area contributed by atoms with Crippen molar-refractivity contribution in [3.63, 3.8) is 0 Å². The van der Waals surface area contributed by atoms with Crippen LogP contribution in [-0.2, 0) is 24.3 Å². The third kappa shape index (κ3) is 6.16. The molecule has 0 bridgehead atoms. The van der Waals surface area contributed by atoms with Crippen LogP contribution in [0.25, 0.3) is 0 Å². The Balaban J connectivity index is 1.96. The first kappa shape index (κ1) is 21.1. The number of sulfonamides is 1. The van der Waals surface area contributed by atoms with Crippen LogP contribution in [0.5, 0.6) is 0 Å². The molecule has 0 saturated heterocycles. The Labute approximate surface area is 162 Å². The van der Waals surface area contributed by atoms with Crippen LogP contribution in [-0.4, -0.2) is 32.9 Å². The Morgan fingerprint density at radius 1 is 1.19 bits per heavy atom. The molecule has 146 valence electrons. The second kappa shape index (κ2) is 9.12. The lowest BCUT2D eigenvalue weighted by molar-refractivity contribution is -0.150. The average molecular weight is 411 g/mol. The van der Waals surface area contributed by atoms with Gasteiger partial charge in [0.25, 0.3) is 15.9 Å². The molecule has 9 heteroatoms. The molecule has 27 heavy (non-hydrogen) atoms. The molecule has 0 radical (unpaired) electrons. The fourth-order valence-corrected chi connectivity index (χ4v) is 4.59. The van der Waals surface area contributed by atoms with Crippen molar-refractivity contribution in [2.24, 2.45) is 5.92 Å². The number of benzene rings is 1. The molecule has 1 heterocycles. The highest BCUT2D eigenvalue weighted by Crippen LogP contribution is 2.17. The summed E-state index contributed by atoms with van der Waals surface area (Å²) in [6.45, 7) is 4.77. The third-order valence-corrected chi connectivity index (χ3v) is 6.45. The standard InChI is InChI=1S/C18H22N2O5S2/c1-12(2)17(20-27(23,24)16-8-5-9-26-16)18(22)25-11-15(21)19-14-7-4-6-13(3)10-14/h4-10,12,17,20H,11H2,1-3H3,(H,19,21)/t17-/m0/s1. The van der Waals surface area contributed by atoms with E-state index in [1.54, 1.807) is 43.5 Å². The van der Waals surface area contributed by atoms with Crippen molar-refractivity contribution in [2.45, 2.75) is 31.0 Å². The number of hydrogen-bond acceptors (Lipinski definition) is 6. The lowest BCUT2D eigenvalue weighted by Gasteiger charge is -2.20. The highest BCUT2D eigenvalue weighted by atomic mass is 32.2. The third-order valence-electron chi connectivity index (χ3n) is 3.61. The summed E-state index contributed by atoms with van der Waals surface area (Å²) in [5.41, 5.74) is 1.57. The summed E-state index contributed by atoms with van der Waals surface area (Å²) in [7, 11) is -3.83. The zero-order chi connectivity index (χ0) is 20.0. The predicted octanol–water partition coefficient (Wildman–Crippen LogP) is 2.54. The largest absolute Gasteiger partial charge is 0.454 e. The lowest BCUT2D eigenvalue weighted by Crippen LogP contribution is -2.45. The van der Waals surface area contributed by atoms with Gasteiger partial charge in [-0.1, -0.05) is 32.0 Å². The van der Waals surface area contributed by atoms with Gasteiger partial charge < -0.3 is 10.1 Å². The van der Waals surface area contributed by atoms with E-state index < -0.39 is 34.5 Å². The number of carbonyl (C=O) groups excluding carboxylic acids is 2.